The van der Waals surface area contributed by atoms with E-state index < -0.39 is 0 Å². The molecule has 0 spiro atoms. The molecular formula is C10H17N3S. The largest absolute Gasteiger partial charge is 0.361 e. The summed E-state index contributed by atoms with van der Waals surface area (Å²) in [5, 5.41) is 6.42. The Kier molecular flexibility index (Phi) is 3.37. The molecule has 0 atom stereocenters. The van der Waals surface area contributed by atoms with Gasteiger partial charge < -0.3 is 11.1 Å². The quantitative estimate of drug-likeness (QED) is 0.804. The Hall–Kier alpha value is -0.610. The van der Waals surface area contributed by atoms with E-state index in [1.54, 1.807) is 11.3 Å². The zero-order valence-electron chi connectivity index (χ0n) is 8.28. The van der Waals surface area contributed by atoms with E-state index in [-0.39, 0.29) is 0 Å². The van der Waals surface area contributed by atoms with Crippen LogP contribution in [0.2, 0.25) is 0 Å². The molecule has 0 bridgehead atoms. The highest BCUT2D eigenvalue weighted by atomic mass is 32.1. The Morgan fingerprint density at radius 1 is 1.43 bits per heavy atom. The molecule has 1 heterocycles. The number of nitrogens with two attached hydrogens (primary N) is 1. The van der Waals surface area contributed by atoms with Gasteiger partial charge in [-0.3, -0.25) is 0 Å². The van der Waals surface area contributed by atoms with Crippen LogP contribution >= 0.6 is 11.3 Å². The van der Waals surface area contributed by atoms with Gasteiger partial charge in [0.15, 0.2) is 5.13 Å². The second-order valence-corrected chi connectivity index (χ2v) is 4.89. The SMILES string of the molecule is NC1CCC(CNc2nccs2)CC1. The van der Waals surface area contributed by atoms with Crippen molar-refractivity contribution in [1.82, 2.24) is 4.98 Å². The summed E-state index contributed by atoms with van der Waals surface area (Å²) in [6.45, 7) is 1.06. The molecule has 3 nitrogen and oxygen atoms in total. The first-order valence-electron chi connectivity index (χ1n) is 5.23. The molecule has 78 valence electrons. The van der Waals surface area contributed by atoms with Gasteiger partial charge in [-0.2, -0.15) is 0 Å². The summed E-state index contributed by atoms with van der Waals surface area (Å²) < 4.78 is 0. The maximum absolute atomic E-state index is 5.86. The third kappa shape index (κ3) is 2.69. The van der Waals surface area contributed by atoms with Gasteiger partial charge in [0.2, 0.25) is 0 Å². The maximum atomic E-state index is 5.86. The molecule has 14 heavy (non-hydrogen) atoms. The Labute approximate surface area is 88.7 Å². The van der Waals surface area contributed by atoms with Crippen LogP contribution in [-0.2, 0) is 0 Å². The van der Waals surface area contributed by atoms with Crippen molar-refractivity contribution in [2.45, 2.75) is 31.7 Å². The lowest BCUT2D eigenvalue weighted by molar-refractivity contribution is 0.339. The molecule has 0 amide bonds. The Bertz CT molecular complexity index is 252. The molecule has 0 saturated heterocycles. The van der Waals surface area contributed by atoms with E-state index in [4.69, 9.17) is 5.73 Å². The second kappa shape index (κ2) is 4.75. The summed E-state index contributed by atoms with van der Waals surface area (Å²) in [7, 11) is 0. The smallest absolute Gasteiger partial charge is 0.182 e. The molecule has 1 fully saturated rings. The fourth-order valence-corrected chi connectivity index (χ4v) is 2.47. The summed E-state index contributed by atoms with van der Waals surface area (Å²) in [4.78, 5) is 4.20. The van der Waals surface area contributed by atoms with Crippen molar-refractivity contribution < 1.29 is 0 Å². The van der Waals surface area contributed by atoms with Gasteiger partial charge in [-0.05, 0) is 31.6 Å². The predicted octanol–water partition coefficient (Wildman–Crippen LogP) is 2.07. The Morgan fingerprint density at radius 3 is 2.86 bits per heavy atom. The van der Waals surface area contributed by atoms with E-state index in [1.807, 2.05) is 11.6 Å². The highest BCUT2D eigenvalue weighted by Gasteiger charge is 2.18. The standard InChI is InChI=1S/C10H17N3S/c11-9-3-1-8(2-4-9)7-13-10-12-5-6-14-10/h5-6,8-9H,1-4,7,11H2,(H,12,13). The van der Waals surface area contributed by atoms with Crippen molar-refractivity contribution in [3.63, 3.8) is 0 Å². The van der Waals surface area contributed by atoms with Crippen molar-refractivity contribution >= 4 is 16.5 Å². The zero-order valence-corrected chi connectivity index (χ0v) is 9.09. The van der Waals surface area contributed by atoms with Gasteiger partial charge in [-0.15, -0.1) is 11.3 Å². The third-order valence-electron chi connectivity index (χ3n) is 2.87. The summed E-state index contributed by atoms with van der Waals surface area (Å²) in [5.41, 5.74) is 5.86. The minimum atomic E-state index is 0.450. The van der Waals surface area contributed by atoms with Gasteiger partial charge in [-0.25, -0.2) is 4.98 Å². The molecule has 2 rings (SSSR count). The van der Waals surface area contributed by atoms with Crippen LogP contribution in [-0.4, -0.2) is 17.6 Å². The van der Waals surface area contributed by atoms with E-state index >= 15 is 0 Å². The van der Waals surface area contributed by atoms with Crippen molar-refractivity contribution in [3.05, 3.63) is 11.6 Å². The Balaban J connectivity index is 1.71. The lowest BCUT2D eigenvalue weighted by atomic mass is 9.86. The number of hydrogen-bond acceptors (Lipinski definition) is 4. The fraction of sp³-hybridized carbons (Fsp3) is 0.700. The van der Waals surface area contributed by atoms with Gasteiger partial charge >= 0.3 is 0 Å². The topological polar surface area (TPSA) is 50.9 Å². The Morgan fingerprint density at radius 2 is 2.21 bits per heavy atom. The van der Waals surface area contributed by atoms with Crippen LogP contribution < -0.4 is 11.1 Å². The molecule has 1 saturated carbocycles. The molecular weight excluding hydrogens is 194 g/mol. The molecule has 1 aromatic heterocycles. The van der Waals surface area contributed by atoms with Crippen LogP contribution in [0.1, 0.15) is 25.7 Å². The molecule has 4 heteroatoms. The van der Waals surface area contributed by atoms with Crippen molar-refractivity contribution in [2.24, 2.45) is 11.7 Å². The number of hydrogen-bond donors (Lipinski definition) is 2. The number of anilines is 1. The number of aromatic nitrogens is 1. The number of nitrogens with one attached hydrogen (secondary N) is 1. The van der Waals surface area contributed by atoms with Crippen LogP contribution in [0, 0.1) is 5.92 Å². The normalized spacial score (nSPS) is 27.5. The van der Waals surface area contributed by atoms with Crippen LogP contribution in [0.4, 0.5) is 5.13 Å². The maximum Gasteiger partial charge on any atom is 0.182 e. The monoisotopic (exact) mass is 211 g/mol. The van der Waals surface area contributed by atoms with E-state index in [0.717, 1.165) is 17.6 Å². The lowest BCUT2D eigenvalue weighted by Gasteiger charge is -2.25. The first kappa shape index (κ1) is 9.93. The highest BCUT2D eigenvalue weighted by molar-refractivity contribution is 7.13. The van der Waals surface area contributed by atoms with E-state index in [9.17, 15) is 0 Å². The van der Waals surface area contributed by atoms with E-state index in [2.05, 4.69) is 10.3 Å². The summed E-state index contributed by atoms with van der Waals surface area (Å²) in [6.07, 6.45) is 6.73. The second-order valence-electron chi connectivity index (χ2n) is 4.00. The zero-order chi connectivity index (χ0) is 9.80. The van der Waals surface area contributed by atoms with Crippen molar-refractivity contribution in [2.75, 3.05) is 11.9 Å². The molecule has 0 aliphatic heterocycles. The molecule has 3 N–H and O–H groups in total. The van der Waals surface area contributed by atoms with Crippen molar-refractivity contribution in [3.8, 4) is 0 Å². The van der Waals surface area contributed by atoms with Crippen LogP contribution in [0.15, 0.2) is 11.6 Å². The number of rotatable bonds is 3. The van der Waals surface area contributed by atoms with Gasteiger partial charge in [0.05, 0.1) is 0 Å². The first-order chi connectivity index (χ1) is 6.84. The average Bonchev–Trinajstić information content (AvgIpc) is 2.70. The summed E-state index contributed by atoms with van der Waals surface area (Å²) in [5.74, 6) is 0.790. The number of thiazole rings is 1. The molecule has 0 unspecified atom stereocenters. The average molecular weight is 211 g/mol. The summed E-state index contributed by atoms with van der Waals surface area (Å²) in [6, 6.07) is 0.450. The highest BCUT2D eigenvalue weighted by Crippen LogP contribution is 2.23. The van der Waals surface area contributed by atoms with Gasteiger partial charge in [0.25, 0.3) is 0 Å². The fourth-order valence-electron chi connectivity index (χ4n) is 1.93. The molecule has 1 aliphatic rings. The van der Waals surface area contributed by atoms with Crippen LogP contribution in [0.3, 0.4) is 0 Å². The minimum absolute atomic E-state index is 0.450. The van der Waals surface area contributed by atoms with Gasteiger partial charge in [0, 0.05) is 24.2 Å². The molecule has 0 radical (unpaired) electrons. The van der Waals surface area contributed by atoms with Crippen LogP contribution in [0.25, 0.3) is 0 Å². The van der Waals surface area contributed by atoms with E-state index in [1.165, 1.54) is 25.7 Å². The lowest BCUT2D eigenvalue weighted by Crippen LogP contribution is -2.29. The molecule has 1 aliphatic carbocycles. The van der Waals surface area contributed by atoms with Gasteiger partial charge in [-0.1, -0.05) is 0 Å². The third-order valence-corrected chi connectivity index (χ3v) is 3.60. The van der Waals surface area contributed by atoms with Gasteiger partial charge in [0.1, 0.15) is 0 Å². The summed E-state index contributed by atoms with van der Waals surface area (Å²) >= 11 is 1.67. The molecule has 1 aromatic rings. The minimum Gasteiger partial charge on any atom is -0.361 e. The van der Waals surface area contributed by atoms with Crippen LogP contribution in [0.5, 0.6) is 0 Å². The molecule has 0 aromatic carbocycles. The van der Waals surface area contributed by atoms with E-state index in [0.29, 0.717) is 6.04 Å². The predicted molar refractivity (Wildman–Crippen MR) is 60.5 cm³/mol. The number of nitrogens with zero attached hydrogens (tertiary/aromatic N) is 1. The first-order valence-corrected chi connectivity index (χ1v) is 6.11. The van der Waals surface area contributed by atoms with Crippen molar-refractivity contribution in [1.29, 1.82) is 0 Å².